The van der Waals surface area contributed by atoms with Gasteiger partial charge < -0.3 is 5.32 Å². The number of anilines is 1. The summed E-state index contributed by atoms with van der Waals surface area (Å²) < 4.78 is 24.9. The third kappa shape index (κ3) is 4.40. The van der Waals surface area contributed by atoms with E-state index >= 15 is 0 Å². The summed E-state index contributed by atoms with van der Waals surface area (Å²) in [5.74, 6) is -0.395. The van der Waals surface area contributed by atoms with Gasteiger partial charge in [-0.05, 0) is 24.6 Å². The molecule has 1 N–H and O–H groups in total. The van der Waals surface area contributed by atoms with Crippen molar-refractivity contribution in [2.75, 3.05) is 18.6 Å². The van der Waals surface area contributed by atoms with Crippen LogP contribution in [-0.4, -0.2) is 31.9 Å². The highest BCUT2D eigenvalue weighted by Crippen LogP contribution is 2.23. The standard InChI is InChI=1S/C17H20N2O3S/c1-13-9-11-15(12-10-13)18-17(20)16(19(2)23(3,21)22)14-7-5-4-6-8-14/h4-12,16H,1-3H3,(H,18,20)/t16-/m1/s1. The minimum atomic E-state index is -3.52. The van der Waals surface area contributed by atoms with Gasteiger partial charge in [-0.25, -0.2) is 8.42 Å². The van der Waals surface area contributed by atoms with Gasteiger partial charge in [0.2, 0.25) is 15.9 Å². The molecule has 23 heavy (non-hydrogen) atoms. The molecule has 0 heterocycles. The lowest BCUT2D eigenvalue weighted by atomic mass is 10.1. The second kappa shape index (κ2) is 6.93. The Hall–Kier alpha value is -2.18. The number of benzene rings is 2. The summed E-state index contributed by atoms with van der Waals surface area (Å²) >= 11 is 0. The summed E-state index contributed by atoms with van der Waals surface area (Å²) in [4.78, 5) is 12.7. The van der Waals surface area contributed by atoms with Crippen LogP contribution in [0.1, 0.15) is 17.2 Å². The van der Waals surface area contributed by atoms with Gasteiger partial charge in [0.05, 0.1) is 6.26 Å². The first-order valence-corrected chi connectivity index (χ1v) is 8.99. The van der Waals surface area contributed by atoms with Crippen LogP contribution in [0.5, 0.6) is 0 Å². The third-order valence-electron chi connectivity index (χ3n) is 3.57. The van der Waals surface area contributed by atoms with Gasteiger partial charge in [0.25, 0.3) is 0 Å². The predicted octanol–water partition coefficient (Wildman–Crippen LogP) is 2.57. The van der Waals surface area contributed by atoms with Gasteiger partial charge in [-0.3, -0.25) is 4.79 Å². The highest BCUT2D eigenvalue weighted by molar-refractivity contribution is 7.88. The van der Waals surface area contributed by atoms with Crippen molar-refractivity contribution in [1.29, 1.82) is 0 Å². The molecule has 0 unspecified atom stereocenters. The van der Waals surface area contributed by atoms with E-state index in [4.69, 9.17) is 0 Å². The fourth-order valence-electron chi connectivity index (χ4n) is 2.20. The molecule has 122 valence electrons. The number of carbonyl (C=O) groups is 1. The molecule has 0 aliphatic carbocycles. The molecular formula is C17H20N2O3S. The first-order valence-electron chi connectivity index (χ1n) is 7.14. The third-order valence-corrected chi connectivity index (χ3v) is 4.83. The number of carbonyl (C=O) groups excluding carboxylic acids is 1. The molecular weight excluding hydrogens is 312 g/mol. The van der Waals surface area contributed by atoms with Crippen LogP contribution in [0.15, 0.2) is 54.6 Å². The van der Waals surface area contributed by atoms with E-state index < -0.39 is 22.0 Å². The van der Waals surface area contributed by atoms with Crippen molar-refractivity contribution in [2.45, 2.75) is 13.0 Å². The Morgan fingerprint density at radius 3 is 2.13 bits per heavy atom. The van der Waals surface area contributed by atoms with Crippen LogP contribution in [-0.2, 0) is 14.8 Å². The molecule has 0 bridgehead atoms. The molecule has 0 radical (unpaired) electrons. The Balaban J connectivity index is 2.33. The van der Waals surface area contributed by atoms with Crippen molar-refractivity contribution in [3.63, 3.8) is 0 Å². The van der Waals surface area contributed by atoms with Crippen molar-refractivity contribution in [2.24, 2.45) is 0 Å². The number of hydrogen-bond donors (Lipinski definition) is 1. The minimum absolute atomic E-state index is 0.395. The summed E-state index contributed by atoms with van der Waals surface area (Å²) in [7, 11) is -2.12. The lowest BCUT2D eigenvalue weighted by molar-refractivity contribution is -0.119. The zero-order valence-corrected chi connectivity index (χ0v) is 14.2. The number of nitrogens with zero attached hydrogens (tertiary/aromatic N) is 1. The van der Waals surface area contributed by atoms with Crippen LogP contribution in [0, 0.1) is 6.92 Å². The van der Waals surface area contributed by atoms with Crippen molar-refractivity contribution in [3.05, 3.63) is 65.7 Å². The Morgan fingerprint density at radius 2 is 1.61 bits per heavy atom. The first-order chi connectivity index (χ1) is 10.8. The van der Waals surface area contributed by atoms with Crippen molar-refractivity contribution in [1.82, 2.24) is 4.31 Å². The Labute approximate surface area is 137 Å². The predicted molar refractivity (Wildman–Crippen MR) is 91.6 cm³/mol. The molecule has 2 rings (SSSR count). The van der Waals surface area contributed by atoms with Crippen molar-refractivity contribution in [3.8, 4) is 0 Å². The Bertz CT molecular complexity index is 771. The number of amides is 1. The summed E-state index contributed by atoms with van der Waals surface area (Å²) in [6.45, 7) is 1.95. The molecule has 1 amide bonds. The van der Waals surface area contributed by atoms with Crippen molar-refractivity contribution >= 4 is 21.6 Å². The van der Waals surface area contributed by atoms with E-state index in [9.17, 15) is 13.2 Å². The average molecular weight is 332 g/mol. The molecule has 1 atom stereocenters. The number of likely N-dealkylation sites (N-methyl/N-ethyl adjacent to an activating group) is 1. The van der Waals surface area contributed by atoms with E-state index in [1.807, 2.05) is 25.1 Å². The van der Waals surface area contributed by atoms with E-state index in [0.29, 0.717) is 11.3 Å². The van der Waals surface area contributed by atoms with Gasteiger partial charge in [0.1, 0.15) is 6.04 Å². The molecule has 5 nitrogen and oxygen atoms in total. The molecule has 0 spiro atoms. The van der Waals surface area contributed by atoms with Crippen LogP contribution in [0.25, 0.3) is 0 Å². The van der Waals surface area contributed by atoms with Gasteiger partial charge in [0, 0.05) is 12.7 Å². The quantitative estimate of drug-likeness (QED) is 0.915. The number of aryl methyl sites for hydroxylation is 1. The Morgan fingerprint density at radius 1 is 1.04 bits per heavy atom. The average Bonchev–Trinajstić information content (AvgIpc) is 2.50. The summed E-state index contributed by atoms with van der Waals surface area (Å²) in [6, 6.07) is 15.3. The lowest BCUT2D eigenvalue weighted by Crippen LogP contribution is -2.38. The SMILES string of the molecule is Cc1ccc(NC(=O)[C@@H](c2ccccc2)N(C)S(C)(=O)=O)cc1. The number of sulfonamides is 1. The smallest absolute Gasteiger partial charge is 0.247 e. The van der Waals surface area contributed by atoms with Crippen molar-refractivity contribution < 1.29 is 13.2 Å². The largest absolute Gasteiger partial charge is 0.324 e. The monoisotopic (exact) mass is 332 g/mol. The van der Waals surface area contributed by atoms with E-state index in [-0.39, 0.29) is 0 Å². The molecule has 0 aromatic heterocycles. The molecule has 0 saturated carbocycles. The van der Waals surface area contributed by atoms with E-state index in [1.165, 1.54) is 7.05 Å². The van der Waals surface area contributed by atoms with Crippen LogP contribution >= 0.6 is 0 Å². The van der Waals surface area contributed by atoms with E-state index in [2.05, 4.69) is 5.32 Å². The number of nitrogens with one attached hydrogen (secondary N) is 1. The number of hydrogen-bond acceptors (Lipinski definition) is 3. The number of rotatable bonds is 5. The molecule has 6 heteroatoms. The highest BCUT2D eigenvalue weighted by Gasteiger charge is 2.30. The topological polar surface area (TPSA) is 66.5 Å². The molecule has 2 aromatic carbocycles. The maximum absolute atomic E-state index is 12.7. The van der Waals surface area contributed by atoms with Crippen LogP contribution in [0.4, 0.5) is 5.69 Å². The van der Waals surface area contributed by atoms with Gasteiger partial charge >= 0.3 is 0 Å². The van der Waals surface area contributed by atoms with Crippen LogP contribution in [0.3, 0.4) is 0 Å². The van der Waals surface area contributed by atoms with Gasteiger partial charge in [-0.15, -0.1) is 0 Å². The summed E-state index contributed by atoms with van der Waals surface area (Å²) in [6.07, 6.45) is 1.09. The zero-order chi connectivity index (χ0) is 17.0. The minimum Gasteiger partial charge on any atom is -0.324 e. The second-order valence-corrected chi connectivity index (χ2v) is 7.49. The molecule has 0 aliphatic rings. The second-order valence-electron chi connectivity index (χ2n) is 5.45. The van der Waals surface area contributed by atoms with Gasteiger partial charge in [-0.1, -0.05) is 48.0 Å². The fourth-order valence-corrected chi connectivity index (χ4v) is 2.80. The molecule has 0 aliphatic heterocycles. The maximum atomic E-state index is 12.7. The van der Waals surface area contributed by atoms with E-state index in [0.717, 1.165) is 16.1 Å². The van der Waals surface area contributed by atoms with E-state index in [1.54, 1.807) is 36.4 Å². The zero-order valence-electron chi connectivity index (χ0n) is 13.4. The molecule has 2 aromatic rings. The normalized spacial score (nSPS) is 12.9. The highest BCUT2D eigenvalue weighted by atomic mass is 32.2. The summed E-state index contributed by atoms with van der Waals surface area (Å²) in [5.41, 5.74) is 2.32. The molecule has 0 fully saturated rings. The summed E-state index contributed by atoms with van der Waals surface area (Å²) in [5, 5.41) is 2.78. The Kier molecular flexibility index (Phi) is 5.18. The van der Waals surface area contributed by atoms with Crippen LogP contribution < -0.4 is 5.32 Å². The van der Waals surface area contributed by atoms with Gasteiger partial charge in [0.15, 0.2) is 0 Å². The lowest BCUT2D eigenvalue weighted by Gasteiger charge is -2.25. The molecule has 0 saturated heterocycles. The first kappa shape index (κ1) is 17.2. The fraction of sp³-hybridized carbons (Fsp3) is 0.235. The van der Waals surface area contributed by atoms with Crippen LogP contribution in [0.2, 0.25) is 0 Å². The van der Waals surface area contributed by atoms with Gasteiger partial charge in [-0.2, -0.15) is 4.31 Å². The maximum Gasteiger partial charge on any atom is 0.247 e.